The Kier molecular flexibility index (Phi) is 6.60. The molecule has 0 saturated carbocycles. The van der Waals surface area contributed by atoms with Crippen LogP contribution in [0.25, 0.3) is 10.9 Å². The van der Waals surface area contributed by atoms with E-state index < -0.39 is 0 Å². The number of carbonyl (C=O) groups is 1. The summed E-state index contributed by atoms with van der Waals surface area (Å²) in [5.41, 5.74) is 3.54. The van der Waals surface area contributed by atoms with Crippen molar-refractivity contribution in [3.05, 3.63) is 53.5 Å². The predicted molar refractivity (Wildman–Crippen MR) is 113 cm³/mol. The Hall–Kier alpha value is -2.93. The number of aryl methyl sites for hydroxylation is 1. The van der Waals surface area contributed by atoms with Crippen LogP contribution in [0.5, 0.6) is 0 Å². The average molecular weight is 380 g/mol. The molecule has 0 atom stereocenters. The number of aromatic nitrogens is 3. The summed E-state index contributed by atoms with van der Waals surface area (Å²) in [5, 5.41) is 7.39. The summed E-state index contributed by atoms with van der Waals surface area (Å²) < 4.78 is 0. The first-order valence-corrected chi connectivity index (χ1v) is 9.60. The van der Waals surface area contributed by atoms with Gasteiger partial charge in [0.1, 0.15) is 5.69 Å². The van der Waals surface area contributed by atoms with Crippen LogP contribution in [-0.2, 0) is 6.42 Å². The first-order valence-electron chi connectivity index (χ1n) is 9.60. The summed E-state index contributed by atoms with van der Waals surface area (Å²) in [4.78, 5) is 26.5. The molecule has 7 heteroatoms. The number of nitrogens with zero attached hydrogens (tertiary/aromatic N) is 3. The van der Waals surface area contributed by atoms with Crippen LogP contribution in [0.1, 0.15) is 28.2 Å². The van der Waals surface area contributed by atoms with E-state index in [1.54, 1.807) is 6.07 Å². The zero-order valence-electron chi connectivity index (χ0n) is 16.7. The molecular formula is C21H28N6O. The fraction of sp³-hybridized carbons (Fsp3) is 0.381. The summed E-state index contributed by atoms with van der Waals surface area (Å²) in [6.07, 6.45) is 3.78. The maximum atomic E-state index is 12.4. The quantitative estimate of drug-likeness (QED) is 0.497. The second kappa shape index (κ2) is 9.32. The lowest BCUT2D eigenvalue weighted by Crippen LogP contribution is -2.28. The van der Waals surface area contributed by atoms with E-state index in [2.05, 4.69) is 42.6 Å². The second-order valence-electron chi connectivity index (χ2n) is 7.17. The number of anilines is 1. The number of para-hydroxylation sites is 1. The van der Waals surface area contributed by atoms with Crippen molar-refractivity contribution in [1.29, 1.82) is 0 Å². The first-order chi connectivity index (χ1) is 13.5. The molecule has 0 radical (unpaired) electrons. The molecule has 0 aliphatic heterocycles. The largest absolute Gasteiger partial charge is 0.361 e. The van der Waals surface area contributed by atoms with Gasteiger partial charge >= 0.3 is 0 Å². The summed E-state index contributed by atoms with van der Waals surface area (Å²) in [6.45, 7) is 4.12. The van der Waals surface area contributed by atoms with Crippen molar-refractivity contribution in [2.24, 2.45) is 0 Å². The summed E-state index contributed by atoms with van der Waals surface area (Å²) in [5.74, 6) is 0.321. The van der Waals surface area contributed by atoms with Gasteiger partial charge in [0.15, 0.2) is 0 Å². The number of fused-ring (bicyclic) bond motifs is 1. The maximum absolute atomic E-state index is 12.4. The number of amides is 1. The number of rotatable bonds is 9. The van der Waals surface area contributed by atoms with E-state index in [1.807, 2.05) is 39.3 Å². The van der Waals surface area contributed by atoms with Gasteiger partial charge in [-0.15, -0.1) is 0 Å². The molecule has 0 bridgehead atoms. The van der Waals surface area contributed by atoms with Crippen molar-refractivity contribution < 1.29 is 4.79 Å². The summed E-state index contributed by atoms with van der Waals surface area (Å²) in [6, 6.07) is 9.96. The van der Waals surface area contributed by atoms with Gasteiger partial charge in [0, 0.05) is 35.9 Å². The monoisotopic (exact) mass is 380 g/mol. The van der Waals surface area contributed by atoms with Gasteiger partial charge < -0.3 is 20.5 Å². The van der Waals surface area contributed by atoms with Gasteiger partial charge in [0.05, 0.1) is 0 Å². The Morgan fingerprint density at radius 3 is 2.82 bits per heavy atom. The zero-order valence-corrected chi connectivity index (χ0v) is 16.7. The van der Waals surface area contributed by atoms with Crippen LogP contribution in [0.3, 0.4) is 0 Å². The minimum absolute atomic E-state index is 0.163. The fourth-order valence-corrected chi connectivity index (χ4v) is 3.10. The molecule has 0 spiro atoms. The zero-order chi connectivity index (χ0) is 19.9. The lowest BCUT2D eigenvalue weighted by Gasteiger charge is -2.11. The first kappa shape index (κ1) is 19.8. The molecule has 3 aromatic rings. The molecule has 0 aliphatic rings. The van der Waals surface area contributed by atoms with Crippen molar-refractivity contribution >= 4 is 22.8 Å². The van der Waals surface area contributed by atoms with E-state index in [-0.39, 0.29) is 5.91 Å². The molecule has 2 heterocycles. The van der Waals surface area contributed by atoms with E-state index in [4.69, 9.17) is 0 Å². The molecule has 0 aliphatic carbocycles. The lowest BCUT2D eigenvalue weighted by atomic mass is 10.1. The summed E-state index contributed by atoms with van der Waals surface area (Å²) in [7, 11) is 4.04. The second-order valence-corrected chi connectivity index (χ2v) is 7.17. The molecular weight excluding hydrogens is 352 g/mol. The van der Waals surface area contributed by atoms with E-state index in [1.165, 1.54) is 10.9 Å². The van der Waals surface area contributed by atoms with Crippen LogP contribution in [0.4, 0.5) is 5.95 Å². The Labute approximate surface area is 165 Å². The van der Waals surface area contributed by atoms with E-state index in [0.29, 0.717) is 24.7 Å². The number of H-pyrrole nitrogens is 1. The molecule has 28 heavy (non-hydrogen) atoms. The van der Waals surface area contributed by atoms with Crippen molar-refractivity contribution in [3.8, 4) is 0 Å². The third kappa shape index (κ3) is 5.29. The smallest absolute Gasteiger partial charge is 0.270 e. The molecule has 0 unspecified atom stereocenters. The predicted octanol–water partition coefficient (Wildman–Crippen LogP) is 2.60. The van der Waals surface area contributed by atoms with Crippen molar-refractivity contribution in [2.75, 3.05) is 39.0 Å². The highest BCUT2D eigenvalue weighted by Gasteiger charge is 2.10. The van der Waals surface area contributed by atoms with Crippen LogP contribution in [-0.4, -0.2) is 59.5 Å². The molecule has 1 amide bonds. The van der Waals surface area contributed by atoms with Gasteiger partial charge in [-0.05, 0) is 58.1 Å². The number of benzene rings is 1. The number of nitrogens with one attached hydrogen (secondary N) is 3. The molecule has 148 valence electrons. The van der Waals surface area contributed by atoms with E-state index in [0.717, 1.165) is 30.6 Å². The average Bonchev–Trinajstić information content (AvgIpc) is 3.08. The van der Waals surface area contributed by atoms with E-state index >= 15 is 0 Å². The van der Waals surface area contributed by atoms with E-state index in [9.17, 15) is 4.79 Å². The van der Waals surface area contributed by atoms with Crippen LogP contribution in [0, 0.1) is 6.92 Å². The molecule has 2 aromatic heterocycles. The highest BCUT2D eigenvalue weighted by atomic mass is 16.1. The van der Waals surface area contributed by atoms with Gasteiger partial charge in [-0.1, -0.05) is 18.2 Å². The third-order valence-electron chi connectivity index (χ3n) is 4.51. The maximum Gasteiger partial charge on any atom is 0.270 e. The fourth-order valence-electron chi connectivity index (χ4n) is 3.10. The van der Waals surface area contributed by atoms with Gasteiger partial charge in [0.25, 0.3) is 5.91 Å². The molecule has 3 rings (SSSR count). The number of hydrogen-bond donors (Lipinski definition) is 3. The molecule has 1 aromatic carbocycles. The normalized spacial score (nSPS) is 11.1. The van der Waals surface area contributed by atoms with Crippen LogP contribution < -0.4 is 10.6 Å². The number of hydrogen-bond acceptors (Lipinski definition) is 5. The highest BCUT2D eigenvalue weighted by molar-refractivity contribution is 5.92. The third-order valence-corrected chi connectivity index (χ3v) is 4.51. The van der Waals surface area contributed by atoms with Gasteiger partial charge in [-0.25, -0.2) is 9.97 Å². The minimum atomic E-state index is -0.163. The lowest BCUT2D eigenvalue weighted by molar-refractivity contribution is 0.0947. The number of carbonyl (C=O) groups excluding carboxylic acids is 1. The molecule has 0 fully saturated rings. The summed E-state index contributed by atoms with van der Waals surface area (Å²) >= 11 is 0. The minimum Gasteiger partial charge on any atom is -0.361 e. The van der Waals surface area contributed by atoms with Gasteiger partial charge in [-0.2, -0.15) is 0 Å². The van der Waals surface area contributed by atoms with Gasteiger partial charge in [-0.3, -0.25) is 4.79 Å². The van der Waals surface area contributed by atoms with Crippen LogP contribution in [0.2, 0.25) is 0 Å². The van der Waals surface area contributed by atoms with Crippen LogP contribution >= 0.6 is 0 Å². The van der Waals surface area contributed by atoms with Crippen LogP contribution in [0.15, 0.2) is 36.5 Å². The standard InChI is InChI=1S/C21H28N6O/c1-15-13-19(20(28)22-10-6-12-27(2)3)26-21(25-15)23-11-9-16-14-24-18-8-5-4-7-17(16)18/h4-5,7-8,13-14,24H,6,9-12H2,1-3H3,(H,22,28)(H,23,25,26). The topological polar surface area (TPSA) is 85.9 Å². The van der Waals surface area contributed by atoms with Crippen molar-refractivity contribution in [1.82, 2.24) is 25.2 Å². The SMILES string of the molecule is Cc1cc(C(=O)NCCCN(C)C)nc(NCCc2c[nH]c3ccccc23)n1. The Balaban J connectivity index is 1.56. The van der Waals surface area contributed by atoms with Crippen molar-refractivity contribution in [3.63, 3.8) is 0 Å². The van der Waals surface area contributed by atoms with Gasteiger partial charge in [0.2, 0.25) is 5.95 Å². The van der Waals surface area contributed by atoms with Crippen molar-refractivity contribution in [2.45, 2.75) is 19.8 Å². The molecule has 3 N–H and O–H groups in total. The Morgan fingerprint density at radius 1 is 1.18 bits per heavy atom. The Morgan fingerprint density at radius 2 is 2.00 bits per heavy atom. The molecule has 7 nitrogen and oxygen atoms in total. The Bertz CT molecular complexity index is 934. The highest BCUT2D eigenvalue weighted by Crippen LogP contribution is 2.18. The number of aromatic amines is 1. The molecule has 0 saturated heterocycles.